The summed E-state index contributed by atoms with van der Waals surface area (Å²) in [4.78, 5) is 12.2. The molecule has 17 heavy (non-hydrogen) atoms. The fourth-order valence-electron chi connectivity index (χ4n) is 2.51. The normalized spacial score (nSPS) is 18.3. The summed E-state index contributed by atoms with van der Waals surface area (Å²) < 4.78 is 13.6. The predicted octanol–water partition coefficient (Wildman–Crippen LogP) is 4.17. The number of Topliss-reactive ketones (excluding diaryl/α,β-unsaturated/α-hetero) is 1. The molecule has 0 heterocycles. The first-order chi connectivity index (χ1) is 8.03. The van der Waals surface area contributed by atoms with Crippen LogP contribution in [0.4, 0.5) is 4.39 Å². The molecule has 0 unspecified atom stereocenters. The molecule has 1 saturated carbocycles. The van der Waals surface area contributed by atoms with Crippen molar-refractivity contribution in [3.63, 3.8) is 0 Å². The van der Waals surface area contributed by atoms with Gasteiger partial charge < -0.3 is 0 Å². The Morgan fingerprint density at radius 3 is 2.65 bits per heavy atom. The molecule has 0 bridgehead atoms. The van der Waals surface area contributed by atoms with Crippen LogP contribution in [0.3, 0.4) is 0 Å². The standard InChI is InChI=1S/C14H16ClFO/c1-14(7-2-3-8-14)13(17)9-10-11(15)5-4-6-12(10)16/h4-6H,2-3,7-9H2,1H3. The molecule has 92 valence electrons. The van der Waals surface area contributed by atoms with Gasteiger partial charge in [0, 0.05) is 22.4 Å². The Morgan fingerprint density at radius 1 is 1.41 bits per heavy atom. The molecule has 0 radical (unpaired) electrons. The second-order valence-corrected chi connectivity index (χ2v) is 5.48. The Morgan fingerprint density at radius 2 is 2.06 bits per heavy atom. The van der Waals surface area contributed by atoms with E-state index >= 15 is 0 Å². The van der Waals surface area contributed by atoms with Gasteiger partial charge in [-0.2, -0.15) is 0 Å². The lowest BCUT2D eigenvalue weighted by Gasteiger charge is -2.22. The van der Waals surface area contributed by atoms with E-state index in [2.05, 4.69) is 0 Å². The summed E-state index contributed by atoms with van der Waals surface area (Å²) in [6.45, 7) is 1.98. The van der Waals surface area contributed by atoms with Crippen LogP contribution in [0.25, 0.3) is 0 Å². The predicted molar refractivity (Wildman–Crippen MR) is 66.7 cm³/mol. The van der Waals surface area contributed by atoms with Crippen LogP contribution in [0.5, 0.6) is 0 Å². The van der Waals surface area contributed by atoms with E-state index in [-0.39, 0.29) is 23.4 Å². The zero-order valence-corrected chi connectivity index (χ0v) is 10.7. The van der Waals surface area contributed by atoms with Gasteiger partial charge in [-0.1, -0.05) is 37.4 Å². The molecular formula is C14H16ClFO. The smallest absolute Gasteiger partial charge is 0.143 e. The first-order valence-electron chi connectivity index (χ1n) is 5.99. The quantitative estimate of drug-likeness (QED) is 0.791. The summed E-state index contributed by atoms with van der Waals surface area (Å²) in [6, 6.07) is 4.54. The molecule has 0 N–H and O–H groups in total. The summed E-state index contributed by atoms with van der Waals surface area (Å²) in [5.74, 6) is -0.269. The summed E-state index contributed by atoms with van der Waals surface area (Å²) in [5, 5.41) is 0.347. The molecule has 1 aromatic rings. The van der Waals surface area contributed by atoms with Gasteiger partial charge >= 0.3 is 0 Å². The van der Waals surface area contributed by atoms with Crippen LogP contribution < -0.4 is 0 Å². The third-order valence-corrected chi connectivity index (χ3v) is 4.13. The molecule has 2 rings (SSSR count). The Hall–Kier alpha value is -0.890. The lowest BCUT2D eigenvalue weighted by Crippen LogP contribution is -2.26. The second-order valence-electron chi connectivity index (χ2n) is 5.07. The number of benzene rings is 1. The first-order valence-corrected chi connectivity index (χ1v) is 6.37. The van der Waals surface area contributed by atoms with E-state index in [4.69, 9.17) is 11.6 Å². The van der Waals surface area contributed by atoms with E-state index in [1.54, 1.807) is 12.1 Å². The first kappa shape index (κ1) is 12.6. The van der Waals surface area contributed by atoms with Gasteiger partial charge in [0.25, 0.3) is 0 Å². The topological polar surface area (TPSA) is 17.1 Å². The number of hydrogen-bond acceptors (Lipinski definition) is 1. The van der Waals surface area contributed by atoms with Gasteiger partial charge in [0.15, 0.2) is 0 Å². The number of halogens is 2. The van der Waals surface area contributed by atoms with Crippen molar-refractivity contribution in [1.82, 2.24) is 0 Å². The maximum atomic E-state index is 13.6. The van der Waals surface area contributed by atoms with Crippen molar-refractivity contribution in [2.45, 2.75) is 39.0 Å². The lowest BCUT2D eigenvalue weighted by molar-refractivity contribution is -0.127. The van der Waals surface area contributed by atoms with Gasteiger partial charge in [0.05, 0.1) is 0 Å². The highest BCUT2D eigenvalue weighted by Crippen LogP contribution is 2.39. The molecular weight excluding hydrogens is 239 g/mol. The van der Waals surface area contributed by atoms with Crippen molar-refractivity contribution in [3.8, 4) is 0 Å². The molecule has 1 fully saturated rings. The van der Waals surface area contributed by atoms with Crippen LogP contribution in [-0.2, 0) is 11.2 Å². The number of carbonyl (C=O) groups is 1. The minimum Gasteiger partial charge on any atom is -0.299 e. The minimum absolute atomic E-state index is 0.113. The van der Waals surface area contributed by atoms with Crippen LogP contribution in [-0.4, -0.2) is 5.78 Å². The van der Waals surface area contributed by atoms with Crippen molar-refractivity contribution in [2.24, 2.45) is 5.41 Å². The molecule has 0 amide bonds. The molecule has 0 aromatic heterocycles. The maximum Gasteiger partial charge on any atom is 0.143 e. The number of carbonyl (C=O) groups excluding carboxylic acids is 1. The van der Waals surface area contributed by atoms with Crippen LogP contribution in [0.1, 0.15) is 38.2 Å². The van der Waals surface area contributed by atoms with Crippen molar-refractivity contribution in [2.75, 3.05) is 0 Å². The number of ketones is 1. The van der Waals surface area contributed by atoms with Gasteiger partial charge in [0.2, 0.25) is 0 Å². The van der Waals surface area contributed by atoms with E-state index in [0.29, 0.717) is 10.6 Å². The summed E-state index contributed by atoms with van der Waals surface area (Å²) >= 11 is 5.93. The van der Waals surface area contributed by atoms with Crippen molar-refractivity contribution in [3.05, 3.63) is 34.6 Å². The average molecular weight is 255 g/mol. The van der Waals surface area contributed by atoms with Crippen LogP contribution >= 0.6 is 11.6 Å². The lowest BCUT2D eigenvalue weighted by atomic mass is 9.81. The number of hydrogen-bond donors (Lipinski definition) is 0. The highest BCUT2D eigenvalue weighted by atomic mass is 35.5. The Kier molecular flexibility index (Phi) is 3.53. The molecule has 1 aliphatic carbocycles. The molecule has 1 aromatic carbocycles. The molecule has 0 spiro atoms. The summed E-state index contributed by atoms with van der Waals surface area (Å²) in [6.07, 6.45) is 4.12. The minimum atomic E-state index is -0.382. The fraction of sp³-hybridized carbons (Fsp3) is 0.500. The third kappa shape index (κ3) is 2.52. The zero-order chi connectivity index (χ0) is 12.5. The van der Waals surface area contributed by atoms with E-state index in [9.17, 15) is 9.18 Å². The Bertz CT molecular complexity index is 416. The molecule has 3 heteroatoms. The van der Waals surface area contributed by atoms with E-state index in [0.717, 1.165) is 25.7 Å². The fourth-order valence-corrected chi connectivity index (χ4v) is 2.74. The van der Waals surface area contributed by atoms with Gasteiger partial charge in [-0.3, -0.25) is 4.79 Å². The average Bonchev–Trinajstić information content (AvgIpc) is 2.72. The third-order valence-electron chi connectivity index (χ3n) is 3.78. The SMILES string of the molecule is CC1(C(=O)Cc2c(F)cccc2Cl)CCCC1. The zero-order valence-electron chi connectivity index (χ0n) is 9.93. The second kappa shape index (κ2) is 4.77. The monoisotopic (exact) mass is 254 g/mol. The molecule has 1 nitrogen and oxygen atoms in total. The summed E-state index contributed by atoms with van der Waals surface area (Å²) in [7, 11) is 0. The molecule has 0 aliphatic heterocycles. The van der Waals surface area contributed by atoms with Gasteiger partial charge in [-0.25, -0.2) is 4.39 Å². The van der Waals surface area contributed by atoms with Gasteiger partial charge in [-0.15, -0.1) is 0 Å². The molecule has 1 aliphatic rings. The maximum absolute atomic E-state index is 13.6. The van der Waals surface area contributed by atoms with Gasteiger partial charge in [-0.05, 0) is 25.0 Å². The largest absolute Gasteiger partial charge is 0.299 e. The van der Waals surface area contributed by atoms with Crippen LogP contribution in [0.2, 0.25) is 5.02 Å². The van der Waals surface area contributed by atoms with Crippen LogP contribution in [0.15, 0.2) is 18.2 Å². The van der Waals surface area contributed by atoms with Crippen molar-refractivity contribution in [1.29, 1.82) is 0 Å². The highest BCUT2D eigenvalue weighted by molar-refractivity contribution is 6.31. The van der Waals surface area contributed by atoms with Crippen LogP contribution in [0, 0.1) is 11.2 Å². The van der Waals surface area contributed by atoms with E-state index < -0.39 is 0 Å². The van der Waals surface area contributed by atoms with Crippen molar-refractivity contribution >= 4 is 17.4 Å². The number of rotatable bonds is 3. The van der Waals surface area contributed by atoms with E-state index in [1.807, 2.05) is 6.92 Å². The van der Waals surface area contributed by atoms with Gasteiger partial charge in [0.1, 0.15) is 11.6 Å². The Balaban J connectivity index is 2.18. The van der Waals surface area contributed by atoms with Crippen molar-refractivity contribution < 1.29 is 9.18 Å². The highest BCUT2D eigenvalue weighted by Gasteiger charge is 2.36. The van der Waals surface area contributed by atoms with E-state index in [1.165, 1.54) is 6.07 Å². The molecule has 0 atom stereocenters. The summed E-state index contributed by atoms with van der Waals surface area (Å²) in [5.41, 5.74) is 0.0679. The Labute approximate surface area is 106 Å². The molecule has 0 saturated heterocycles.